The number of anilines is 1. The first-order valence-electron chi connectivity index (χ1n) is 6.69. The van der Waals surface area contributed by atoms with Gasteiger partial charge < -0.3 is 10.5 Å². The van der Waals surface area contributed by atoms with Crippen molar-refractivity contribution in [1.29, 1.82) is 0 Å². The van der Waals surface area contributed by atoms with Crippen molar-refractivity contribution in [1.82, 2.24) is 9.84 Å². The first kappa shape index (κ1) is 15.7. The summed E-state index contributed by atoms with van der Waals surface area (Å²) in [6.07, 6.45) is 3.02. The van der Waals surface area contributed by atoms with Crippen molar-refractivity contribution in [2.75, 3.05) is 25.9 Å². The van der Waals surface area contributed by atoms with E-state index in [9.17, 15) is 13.2 Å². The first-order chi connectivity index (χ1) is 9.94. The zero-order valence-corrected chi connectivity index (χ0v) is 12.6. The second-order valence-electron chi connectivity index (χ2n) is 4.89. The smallest absolute Gasteiger partial charge is 0.337 e. The lowest BCUT2D eigenvalue weighted by Crippen LogP contribution is -2.45. The van der Waals surface area contributed by atoms with Crippen molar-refractivity contribution < 1.29 is 17.9 Å². The largest absolute Gasteiger partial charge is 0.465 e. The van der Waals surface area contributed by atoms with Crippen LogP contribution >= 0.6 is 0 Å². The standard InChI is InChI=1S/C13H19N3O4S/c1-20-13(17)10-5-6-12(11(14)9-10)21(18,19)15-16-7-3-2-4-8-16/h5-6,9,15H,2-4,7-8,14H2,1H3. The van der Waals surface area contributed by atoms with E-state index in [1.54, 1.807) is 5.01 Å². The average molecular weight is 313 g/mol. The molecule has 0 bridgehead atoms. The average Bonchev–Trinajstić information content (AvgIpc) is 2.46. The molecule has 0 spiro atoms. The van der Waals surface area contributed by atoms with E-state index in [1.165, 1.54) is 25.3 Å². The van der Waals surface area contributed by atoms with Crippen LogP contribution in [0.5, 0.6) is 0 Å². The third-order valence-electron chi connectivity index (χ3n) is 3.33. The maximum Gasteiger partial charge on any atom is 0.337 e. The summed E-state index contributed by atoms with van der Waals surface area (Å²) in [7, 11) is -2.49. The molecule has 0 atom stereocenters. The van der Waals surface area contributed by atoms with Gasteiger partial charge in [0, 0.05) is 13.1 Å². The number of esters is 1. The summed E-state index contributed by atoms with van der Waals surface area (Å²) >= 11 is 0. The highest BCUT2D eigenvalue weighted by Crippen LogP contribution is 2.21. The predicted octanol–water partition coefficient (Wildman–Crippen LogP) is 0.735. The third-order valence-corrected chi connectivity index (χ3v) is 4.78. The van der Waals surface area contributed by atoms with Gasteiger partial charge >= 0.3 is 5.97 Å². The summed E-state index contributed by atoms with van der Waals surface area (Å²) < 4.78 is 29.2. The lowest BCUT2D eigenvalue weighted by Gasteiger charge is -2.26. The molecule has 0 amide bonds. The molecule has 0 aromatic heterocycles. The van der Waals surface area contributed by atoms with Crippen molar-refractivity contribution in [3.8, 4) is 0 Å². The van der Waals surface area contributed by atoms with Crippen LogP contribution < -0.4 is 10.6 Å². The normalized spacial score (nSPS) is 16.6. The fourth-order valence-electron chi connectivity index (χ4n) is 2.24. The van der Waals surface area contributed by atoms with Crippen LogP contribution in [0.4, 0.5) is 5.69 Å². The number of methoxy groups -OCH3 is 1. The molecule has 1 aromatic carbocycles. The van der Waals surface area contributed by atoms with E-state index in [2.05, 4.69) is 9.57 Å². The molecule has 21 heavy (non-hydrogen) atoms. The van der Waals surface area contributed by atoms with Gasteiger partial charge in [0.25, 0.3) is 10.0 Å². The molecule has 3 N–H and O–H groups in total. The predicted molar refractivity (Wildman–Crippen MR) is 77.9 cm³/mol. The molecule has 1 aliphatic heterocycles. The zero-order valence-electron chi connectivity index (χ0n) is 11.8. The number of benzene rings is 1. The summed E-state index contributed by atoms with van der Waals surface area (Å²) in [4.78, 5) is 13.9. The van der Waals surface area contributed by atoms with Crippen molar-refractivity contribution in [2.45, 2.75) is 24.2 Å². The van der Waals surface area contributed by atoms with Crippen LogP contribution in [-0.4, -0.2) is 39.6 Å². The molecule has 1 fully saturated rings. The van der Waals surface area contributed by atoms with E-state index < -0.39 is 16.0 Å². The summed E-state index contributed by atoms with van der Waals surface area (Å²) in [5.41, 5.74) is 5.99. The minimum absolute atomic E-state index is 0.0161. The topological polar surface area (TPSA) is 102 Å². The summed E-state index contributed by atoms with van der Waals surface area (Å²) in [5.74, 6) is -0.561. The van der Waals surface area contributed by atoms with Gasteiger partial charge in [-0.25, -0.2) is 18.2 Å². The Morgan fingerprint density at radius 2 is 1.95 bits per heavy atom. The van der Waals surface area contributed by atoms with Gasteiger partial charge in [-0.3, -0.25) is 0 Å². The molecule has 116 valence electrons. The van der Waals surface area contributed by atoms with Gasteiger partial charge in [0.2, 0.25) is 0 Å². The maximum atomic E-state index is 12.3. The molecule has 1 heterocycles. The van der Waals surface area contributed by atoms with Crippen molar-refractivity contribution in [2.24, 2.45) is 0 Å². The second-order valence-corrected chi connectivity index (χ2v) is 6.52. The van der Waals surface area contributed by atoms with E-state index in [0.29, 0.717) is 13.1 Å². The third kappa shape index (κ3) is 3.72. The van der Waals surface area contributed by atoms with Gasteiger partial charge in [-0.05, 0) is 31.0 Å². The molecule has 8 heteroatoms. The van der Waals surface area contributed by atoms with Gasteiger partial charge in [-0.1, -0.05) is 6.42 Å². The van der Waals surface area contributed by atoms with E-state index in [0.717, 1.165) is 19.3 Å². The molecule has 0 unspecified atom stereocenters. The number of ether oxygens (including phenoxy) is 1. The SMILES string of the molecule is COC(=O)c1ccc(S(=O)(=O)NN2CCCCC2)c(N)c1. The Balaban J connectivity index is 2.21. The Kier molecular flexibility index (Phi) is 4.81. The van der Waals surface area contributed by atoms with E-state index in [-0.39, 0.29) is 16.1 Å². The number of rotatable bonds is 4. The van der Waals surface area contributed by atoms with E-state index in [4.69, 9.17) is 5.73 Å². The highest BCUT2D eigenvalue weighted by atomic mass is 32.2. The van der Waals surface area contributed by atoms with Gasteiger partial charge in [-0.2, -0.15) is 0 Å². The fourth-order valence-corrected chi connectivity index (χ4v) is 3.48. The van der Waals surface area contributed by atoms with Crippen LogP contribution in [0.3, 0.4) is 0 Å². The molecule has 1 saturated heterocycles. The Morgan fingerprint density at radius 1 is 1.29 bits per heavy atom. The maximum absolute atomic E-state index is 12.3. The number of nitrogens with one attached hydrogen (secondary N) is 1. The minimum Gasteiger partial charge on any atom is -0.465 e. The number of sulfonamides is 1. The van der Waals surface area contributed by atoms with Gasteiger partial charge in [0.1, 0.15) is 4.90 Å². The van der Waals surface area contributed by atoms with Gasteiger partial charge in [0.05, 0.1) is 18.4 Å². The quantitative estimate of drug-likeness (QED) is 0.628. The van der Waals surface area contributed by atoms with Crippen LogP contribution in [-0.2, 0) is 14.8 Å². The summed E-state index contributed by atoms with van der Waals surface area (Å²) in [6, 6.07) is 4.00. The molecule has 1 aliphatic rings. The van der Waals surface area contributed by atoms with E-state index in [1.807, 2.05) is 0 Å². The summed E-state index contributed by atoms with van der Waals surface area (Å²) in [5, 5.41) is 1.67. The van der Waals surface area contributed by atoms with Crippen LogP contribution in [0.15, 0.2) is 23.1 Å². The van der Waals surface area contributed by atoms with Gasteiger partial charge in [0.15, 0.2) is 0 Å². The van der Waals surface area contributed by atoms with Crippen molar-refractivity contribution >= 4 is 21.7 Å². The Labute approximate surface area is 124 Å². The molecule has 0 radical (unpaired) electrons. The highest BCUT2D eigenvalue weighted by molar-refractivity contribution is 7.89. The number of nitrogens with zero attached hydrogens (tertiary/aromatic N) is 1. The Bertz CT molecular complexity index is 624. The first-order valence-corrected chi connectivity index (χ1v) is 8.17. The number of hydrazine groups is 1. The van der Waals surface area contributed by atoms with E-state index >= 15 is 0 Å². The number of carbonyl (C=O) groups is 1. The lowest BCUT2D eigenvalue weighted by atomic mass is 10.2. The monoisotopic (exact) mass is 313 g/mol. The van der Waals surface area contributed by atoms with Crippen LogP contribution in [0, 0.1) is 0 Å². The second kappa shape index (κ2) is 6.42. The number of hydrogen-bond acceptors (Lipinski definition) is 6. The molecule has 1 aromatic rings. The van der Waals surface area contributed by atoms with Crippen LogP contribution in [0.25, 0.3) is 0 Å². The van der Waals surface area contributed by atoms with Crippen molar-refractivity contribution in [3.05, 3.63) is 23.8 Å². The van der Waals surface area contributed by atoms with Crippen LogP contribution in [0.1, 0.15) is 29.6 Å². The Hall–Kier alpha value is -1.64. The number of nitrogens with two attached hydrogens (primary N) is 1. The number of piperidine rings is 1. The highest BCUT2D eigenvalue weighted by Gasteiger charge is 2.22. The molecule has 0 aliphatic carbocycles. The van der Waals surface area contributed by atoms with Crippen molar-refractivity contribution in [3.63, 3.8) is 0 Å². The molecular weight excluding hydrogens is 294 g/mol. The van der Waals surface area contributed by atoms with Gasteiger partial charge in [-0.15, -0.1) is 4.83 Å². The Morgan fingerprint density at radius 3 is 2.52 bits per heavy atom. The molecular formula is C13H19N3O4S. The zero-order chi connectivity index (χ0) is 15.5. The molecule has 0 saturated carbocycles. The number of nitrogen functional groups attached to an aromatic ring is 1. The summed E-state index contributed by atoms with van der Waals surface area (Å²) in [6.45, 7) is 1.36. The fraction of sp³-hybridized carbons (Fsp3) is 0.462. The minimum atomic E-state index is -3.74. The van der Waals surface area contributed by atoms with Crippen LogP contribution in [0.2, 0.25) is 0 Å². The molecule has 7 nitrogen and oxygen atoms in total. The molecule has 2 rings (SSSR count). The lowest BCUT2D eigenvalue weighted by molar-refractivity contribution is 0.0600. The number of carbonyl (C=O) groups excluding carboxylic acids is 1. The number of hydrogen-bond donors (Lipinski definition) is 2.